The second-order valence-electron chi connectivity index (χ2n) is 9.09. The molecule has 212 valence electrons. The van der Waals surface area contributed by atoms with Crippen molar-refractivity contribution in [1.82, 2.24) is 25.3 Å². The van der Waals surface area contributed by atoms with E-state index in [4.69, 9.17) is 0 Å². The third-order valence-electron chi connectivity index (χ3n) is 6.00. The highest BCUT2D eigenvalue weighted by atomic mass is 16.2. The Morgan fingerprint density at radius 2 is 1.68 bits per heavy atom. The summed E-state index contributed by atoms with van der Waals surface area (Å²) in [5, 5.41) is 5.98. The van der Waals surface area contributed by atoms with Crippen molar-refractivity contribution in [3.63, 3.8) is 0 Å². The Kier molecular flexibility index (Phi) is 18.3. The smallest absolute Gasteiger partial charge is 0.289 e. The van der Waals surface area contributed by atoms with E-state index in [9.17, 15) is 9.59 Å². The zero-order chi connectivity index (χ0) is 28.0. The van der Waals surface area contributed by atoms with Gasteiger partial charge in [-0.2, -0.15) is 0 Å². The Morgan fingerprint density at radius 1 is 0.947 bits per heavy atom. The molecule has 38 heavy (non-hydrogen) atoms. The second kappa shape index (κ2) is 21.0. The van der Waals surface area contributed by atoms with Crippen LogP contribution in [0.5, 0.6) is 0 Å². The Hall–Kier alpha value is -2.97. The normalized spacial score (nSPS) is 14.8. The van der Waals surface area contributed by atoms with E-state index in [0.29, 0.717) is 38.6 Å². The predicted molar refractivity (Wildman–Crippen MR) is 159 cm³/mol. The lowest BCUT2D eigenvalue weighted by atomic mass is 10.2. The summed E-state index contributed by atoms with van der Waals surface area (Å²) in [6, 6.07) is 10.0. The topological polar surface area (TPSA) is 80.3 Å². The van der Waals surface area contributed by atoms with Crippen LogP contribution in [0.1, 0.15) is 46.1 Å². The molecular formula is C30H50N6O2. The number of nitrogens with zero attached hydrogens (tertiary/aromatic N) is 4. The maximum absolute atomic E-state index is 13.5. The number of benzene rings is 1. The van der Waals surface area contributed by atoms with Gasteiger partial charge in [0.1, 0.15) is 0 Å². The fraction of sp³-hybridized carbons (Fsp3) is 0.567. The molecule has 2 rings (SSSR count). The molecule has 8 heteroatoms. The molecular weight excluding hydrogens is 476 g/mol. The maximum Gasteiger partial charge on any atom is 0.289 e. The number of carbonyl (C=O) groups is 2. The van der Waals surface area contributed by atoms with Crippen molar-refractivity contribution < 1.29 is 9.59 Å². The van der Waals surface area contributed by atoms with Gasteiger partial charge in [0.05, 0.1) is 13.1 Å². The van der Waals surface area contributed by atoms with Crippen LogP contribution in [-0.4, -0.2) is 98.3 Å². The monoisotopic (exact) mass is 526 g/mol. The van der Waals surface area contributed by atoms with Crippen molar-refractivity contribution >= 4 is 17.6 Å². The van der Waals surface area contributed by atoms with Crippen LogP contribution < -0.4 is 10.6 Å². The van der Waals surface area contributed by atoms with Crippen molar-refractivity contribution in [1.29, 1.82) is 0 Å². The van der Waals surface area contributed by atoms with Crippen LogP contribution in [0.25, 0.3) is 0 Å². The molecule has 2 amide bonds. The number of amidine groups is 1. The van der Waals surface area contributed by atoms with Gasteiger partial charge in [0.25, 0.3) is 5.91 Å². The van der Waals surface area contributed by atoms with Crippen molar-refractivity contribution in [3.05, 3.63) is 60.2 Å². The van der Waals surface area contributed by atoms with Crippen molar-refractivity contribution in [2.45, 2.75) is 47.1 Å². The predicted octanol–water partition coefficient (Wildman–Crippen LogP) is 3.33. The summed E-state index contributed by atoms with van der Waals surface area (Å²) in [6.07, 6.45) is 10.2. The van der Waals surface area contributed by atoms with E-state index < -0.39 is 0 Å². The summed E-state index contributed by atoms with van der Waals surface area (Å²) in [5.41, 5.74) is 1.10. The summed E-state index contributed by atoms with van der Waals surface area (Å²) in [7, 11) is 1.96. The number of likely N-dealkylation sites (N-methyl/N-ethyl adjacent to an activating group) is 2. The minimum atomic E-state index is -0.214. The first-order chi connectivity index (χ1) is 18.5. The second-order valence-corrected chi connectivity index (χ2v) is 9.09. The minimum Gasteiger partial charge on any atom is -0.353 e. The highest BCUT2D eigenvalue weighted by molar-refractivity contribution is 6.37. The number of nitrogens with one attached hydrogen (secondary N) is 2. The molecule has 0 spiro atoms. The zero-order valence-corrected chi connectivity index (χ0v) is 24.3. The van der Waals surface area contributed by atoms with Crippen LogP contribution >= 0.6 is 0 Å². The number of carbonyl (C=O) groups excluding carboxylic acids is 2. The lowest BCUT2D eigenvalue weighted by Gasteiger charge is -2.28. The lowest BCUT2D eigenvalue weighted by molar-refractivity contribution is -0.131. The van der Waals surface area contributed by atoms with Crippen LogP contribution in [0.15, 0.2) is 59.6 Å². The van der Waals surface area contributed by atoms with Crippen LogP contribution in [0.2, 0.25) is 0 Å². The van der Waals surface area contributed by atoms with Gasteiger partial charge in [-0.05, 0) is 52.0 Å². The SMILES string of the molecule is CCCN(CC)CCNC(=O)CN(CC)C(=O)C1=NC/C=C\C=C/CN1Cc1ccccc1.CCCNC. The Labute approximate surface area is 230 Å². The molecule has 1 aliphatic rings. The van der Waals surface area contributed by atoms with Crippen LogP contribution in [0.3, 0.4) is 0 Å². The Balaban J connectivity index is 0.00000132. The number of rotatable bonds is 14. The van der Waals surface area contributed by atoms with Gasteiger partial charge < -0.3 is 25.3 Å². The fourth-order valence-corrected chi connectivity index (χ4v) is 3.92. The van der Waals surface area contributed by atoms with E-state index >= 15 is 0 Å². The largest absolute Gasteiger partial charge is 0.353 e. The molecule has 0 aliphatic carbocycles. The van der Waals surface area contributed by atoms with Crippen molar-refractivity contribution in [2.24, 2.45) is 4.99 Å². The summed E-state index contributed by atoms with van der Waals surface area (Å²) in [5.74, 6) is 0.0362. The Bertz CT molecular complexity index is 867. The third kappa shape index (κ3) is 13.5. The summed E-state index contributed by atoms with van der Waals surface area (Å²) >= 11 is 0. The van der Waals surface area contributed by atoms with Gasteiger partial charge in [-0.25, -0.2) is 0 Å². The van der Waals surface area contributed by atoms with Gasteiger partial charge in [-0.15, -0.1) is 0 Å². The van der Waals surface area contributed by atoms with E-state index in [1.54, 1.807) is 4.90 Å². The maximum atomic E-state index is 13.5. The average Bonchev–Trinajstić information content (AvgIpc) is 3.04. The number of hydrogen-bond acceptors (Lipinski definition) is 6. The van der Waals surface area contributed by atoms with Gasteiger partial charge in [0.2, 0.25) is 5.91 Å². The molecule has 0 fully saturated rings. The highest BCUT2D eigenvalue weighted by Crippen LogP contribution is 2.09. The number of aliphatic imine (C=N–C) groups is 1. The zero-order valence-electron chi connectivity index (χ0n) is 24.3. The van der Waals surface area contributed by atoms with Gasteiger partial charge in [0.15, 0.2) is 5.84 Å². The molecule has 0 radical (unpaired) electrons. The summed E-state index contributed by atoms with van der Waals surface area (Å²) in [6.45, 7) is 14.9. The molecule has 1 heterocycles. The lowest BCUT2D eigenvalue weighted by Crippen LogP contribution is -2.49. The molecule has 8 nitrogen and oxygen atoms in total. The minimum absolute atomic E-state index is 0.0269. The van der Waals surface area contributed by atoms with Gasteiger partial charge in [0, 0.05) is 32.7 Å². The molecule has 2 N–H and O–H groups in total. The number of hydrogen-bond donors (Lipinski definition) is 2. The molecule has 0 bridgehead atoms. The molecule has 1 aromatic carbocycles. The molecule has 0 atom stereocenters. The van der Waals surface area contributed by atoms with E-state index in [2.05, 4.69) is 41.3 Å². The fourth-order valence-electron chi connectivity index (χ4n) is 3.92. The number of amides is 2. The van der Waals surface area contributed by atoms with E-state index in [0.717, 1.165) is 38.2 Å². The van der Waals surface area contributed by atoms with Gasteiger partial charge >= 0.3 is 0 Å². The highest BCUT2D eigenvalue weighted by Gasteiger charge is 2.25. The average molecular weight is 527 g/mol. The summed E-state index contributed by atoms with van der Waals surface area (Å²) < 4.78 is 0. The standard InChI is InChI=1S/C26H39N5O2.C4H11N/c1-4-18-29(5-2)20-17-27-24(32)22-30(6-3)26(33)25-28-16-12-7-8-13-19-31(25)21-23-14-10-9-11-15-23;1-3-4-5-2/h7-15H,4-6,16-22H2,1-3H3,(H,27,32);5H,3-4H2,1-2H3/b12-7-,13-8-,28-25?;. The van der Waals surface area contributed by atoms with Crippen molar-refractivity contribution in [2.75, 3.05) is 66.0 Å². The van der Waals surface area contributed by atoms with E-state index in [-0.39, 0.29) is 18.4 Å². The number of allylic oxidation sites excluding steroid dienone is 2. The van der Waals surface area contributed by atoms with Gasteiger partial charge in [-0.3, -0.25) is 14.6 Å². The van der Waals surface area contributed by atoms with Crippen LogP contribution in [0, 0.1) is 0 Å². The van der Waals surface area contributed by atoms with Crippen LogP contribution in [-0.2, 0) is 16.1 Å². The first kappa shape index (κ1) is 33.1. The quantitative estimate of drug-likeness (QED) is 0.389. The molecule has 0 aromatic heterocycles. The van der Waals surface area contributed by atoms with Gasteiger partial charge in [-0.1, -0.05) is 75.4 Å². The van der Waals surface area contributed by atoms with Crippen molar-refractivity contribution in [3.8, 4) is 0 Å². The molecule has 1 aliphatic heterocycles. The Morgan fingerprint density at radius 3 is 2.29 bits per heavy atom. The molecule has 0 saturated heterocycles. The molecule has 0 unspecified atom stereocenters. The summed E-state index contributed by atoms with van der Waals surface area (Å²) in [4.78, 5) is 36.5. The third-order valence-corrected chi connectivity index (χ3v) is 6.00. The first-order valence-electron chi connectivity index (χ1n) is 14.1. The van der Waals surface area contributed by atoms with E-state index in [1.165, 1.54) is 6.42 Å². The van der Waals surface area contributed by atoms with Crippen LogP contribution in [0.4, 0.5) is 0 Å². The first-order valence-corrected chi connectivity index (χ1v) is 14.1. The van der Waals surface area contributed by atoms with E-state index in [1.807, 2.05) is 73.5 Å². The molecule has 0 saturated carbocycles. The molecule has 1 aromatic rings.